The van der Waals surface area contributed by atoms with Crippen LogP contribution in [0.5, 0.6) is 0 Å². The molecule has 0 saturated carbocycles. The van der Waals surface area contributed by atoms with E-state index in [-0.39, 0.29) is 25.9 Å². The molecule has 77 heavy (non-hydrogen) atoms. The van der Waals surface area contributed by atoms with Crippen molar-refractivity contribution >= 4 is 23.9 Å². The third-order valence-electron chi connectivity index (χ3n) is 13.5. The average molecular weight is 1080 g/mol. The largest absolute Gasteiger partial charge is 0.479 e. The van der Waals surface area contributed by atoms with Gasteiger partial charge in [-0.25, -0.2) is 4.79 Å². The number of carboxylic acid groups (broad SMARTS) is 1. The minimum atomic E-state index is -1.91. The van der Waals surface area contributed by atoms with Crippen molar-refractivity contribution in [3.05, 3.63) is 85.1 Å². The number of unbranched alkanes of at least 4 members (excludes halogenated alkanes) is 23. The summed E-state index contributed by atoms with van der Waals surface area (Å²) in [7, 11) is 0. The number of carbonyl (C=O) groups is 4. The molecule has 440 valence electrons. The zero-order chi connectivity index (χ0) is 56.1. The van der Waals surface area contributed by atoms with Gasteiger partial charge in [-0.05, 0) is 96.3 Å². The lowest BCUT2D eigenvalue weighted by Gasteiger charge is -2.40. The number of esters is 3. The fourth-order valence-corrected chi connectivity index (χ4v) is 8.78. The number of aliphatic hydroxyl groups is 2. The third kappa shape index (κ3) is 42.5. The highest BCUT2D eigenvalue weighted by Gasteiger charge is 2.50. The first-order valence-corrected chi connectivity index (χ1v) is 30.6. The van der Waals surface area contributed by atoms with Gasteiger partial charge >= 0.3 is 23.9 Å². The van der Waals surface area contributed by atoms with Crippen molar-refractivity contribution in [1.29, 1.82) is 0 Å². The van der Waals surface area contributed by atoms with E-state index in [1.54, 1.807) is 0 Å². The maximum atomic E-state index is 13.1. The quantitative estimate of drug-likeness (QED) is 0.0228. The van der Waals surface area contributed by atoms with E-state index in [2.05, 4.69) is 106 Å². The summed E-state index contributed by atoms with van der Waals surface area (Å²) in [5.41, 5.74) is 0. The molecule has 1 aliphatic heterocycles. The summed E-state index contributed by atoms with van der Waals surface area (Å²) < 4.78 is 28.4. The number of hydrogen-bond acceptors (Lipinski definition) is 11. The number of allylic oxidation sites excluding steroid dienone is 14. The van der Waals surface area contributed by atoms with Gasteiger partial charge in [0.1, 0.15) is 18.8 Å². The highest BCUT2D eigenvalue weighted by Crippen LogP contribution is 2.26. The van der Waals surface area contributed by atoms with Gasteiger partial charge in [-0.2, -0.15) is 0 Å². The van der Waals surface area contributed by atoms with Crippen LogP contribution in [0.15, 0.2) is 85.1 Å². The van der Waals surface area contributed by atoms with Gasteiger partial charge in [0.05, 0.1) is 6.61 Å². The maximum Gasteiger partial charge on any atom is 0.335 e. The second-order valence-corrected chi connectivity index (χ2v) is 20.6. The zero-order valence-electron chi connectivity index (χ0n) is 48.4. The average Bonchev–Trinajstić information content (AvgIpc) is 3.42. The van der Waals surface area contributed by atoms with Crippen LogP contribution in [0.4, 0.5) is 0 Å². The fourth-order valence-electron chi connectivity index (χ4n) is 8.78. The number of carboxylic acids is 1. The van der Waals surface area contributed by atoms with Gasteiger partial charge in [-0.1, -0.05) is 221 Å². The molecule has 12 nitrogen and oxygen atoms in total. The van der Waals surface area contributed by atoms with Crippen LogP contribution >= 0.6 is 0 Å². The van der Waals surface area contributed by atoms with Crippen molar-refractivity contribution in [2.75, 3.05) is 13.2 Å². The normalized spacial score (nSPS) is 18.6. The SMILES string of the molecule is CC/C=C\C/C=C\C/C=C\C/C=C\CCCCCCCCC(=O)OC1C(OCC(COC(=O)CCCCCCCC/C=C\C/C=C\C/C=C\CCCCC)OC(=O)CCCCCCCCCCC)OC(C(=O)O)C(O)C1O. The van der Waals surface area contributed by atoms with E-state index in [1.165, 1.54) is 57.8 Å². The molecule has 0 spiro atoms. The maximum absolute atomic E-state index is 13.1. The van der Waals surface area contributed by atoms with E-state index in [1.807, 2.05) is 0 Å². The number of aliphatic carboxylic acids is 1. The highest BCUT2D eigenvalue weighted by molar-refractivity contribution is 5.74. The van der Waals surface area contributed by atoms with Crippen LogP contribution in [0, 0.1) is 0 Å². The van der Waals surface area contributed by atoms with Crippen LogP contribution in [-0.4, -0.2) is 89.2 Å². The number of aliphatic hydroxyl groups excluding tert-OH is 2. The number of rotatable bonds is 51. The molecule has 6 atom stereocenters. The molecule has 1 saturated heterocycles. The molecular formula is C65H108O12. The molecule has 12 heteroatoms. The number of carbonyl (C=O) groups excluding carboxylic acids is 3. The summed E-state index contributed by atoms with van der Waals surface area (Å²) >= 11 is 0. The Kier molecular flexibility index (Phi) is 48.4. The first-order chi connectivity index (χ1) is 37.6. The molecule has 1 fully saturated rings. The molecule has 1 heterocycles. The van der Waals surface area contributed by atoms with Crippen LogP contribution in [0.3, 0.4) is 0 Å². The van der Waals surface area contributed by atoms with Crippen molar-refractivity contribution in [2.24, 2.45) is 0 Å². The fraction of sp³-hybridized carbons (Fsp3) is 0.723. The Labute approximate surface area is 467 Å². The Morgan fingerprint density at radius 1 is 0.442 bits per heavy atom. The van der Waals surface area contributed by atoms with E-state index >= 15 is 0 Å². The second-order valence-electron chi connectivity index (χ2n) is 20.6. The van der Waals surface area contributed by atoms with Crippen molar-refractivity contribution < 1.29 is 58.2 Å². The molecule has 0 amide bonds. The molecular weight excluding hydrogens is 973 g/mol. The summed E-state index contributed by atoms with van der Waals surface area (Å²) in [5, 5.41) is 31.5. The summed E-state index contributed by atoms with van der Waals surface area (Å²) in [6.07, 6.45) is 55.5. The molecule has 3 N–H and O–H groups in total. The molecule has 6 unspecified atom stereocenters. The van der Waals surface area contributed by atoms with Gasteiger partial charge < -0.3 is 39.0 Å². The minimum Gasteiger partial charge on any atom is -0.479 e. The van der Waals surface area contributed by atoms with Gasteiger partial charge in [-0.3, -0.25) is 14.4 Å². The lowest BCUT2D eigenvalue weighted by Crippen LogP contribution is -2.61. The van der Waals surface area contributed by atoms with Crippen LogP contribution in [-0.2, 0) is 42.9 Å². The molecule has 0 aliphatic carbocycles. The standard InChI is InChI=1S/C65H108O12/c1-4-7-10-13-16-19-21-23-25-27-29-31-33-35-37-40-42-45-48-51-57(66)73-54-56(75-58(67)52-49-46-43-39-18-15-12-9-6-3)55-74-65-63(61(70)60(69)62(77-65)64(71)72)76-59(68)53-50-47-44-41-38-36-34-32-30-28-26-24-22-20-17-14-11-8-5-2/h8,11,16-17,19-20,23-26,29-32,56,60-63,65,69-70H,4-7,9-10,12-15,18,21-22,27-28,33-55H2,1-3H3,(H,71,72)/b11-8-,19-16-,20-17-,25-23-,26-24-,31-29-,32-30-. The van der Waals surface area contributed by atoms with E-state index < -0.39 is 67.3 Å². The predicted molar refractivity (Wildman–Crippen MR) is 312 cm³/mol. The van der Waals surface area contributed by atoms with E-state index in [4.69, 9.17) is 23.7 Å². The summed E-state index contributed by atoms with van der Waals surface area (Å²) in [5.74, 6) is -3.15. The monoisotopic (exact) mass is 1080 g/mol. The van der Waals surface area contributed by atoms with Crippen LogP contribution in [0.2, 0.25) is 0 Å². The van der Waals surface area contributed by atoms with E-state index in [0.717, 1.165) is 135 Å². The van der Waals surface area contributed by atoms with E-state index in [9.17, 15) is 34.5 Å². The summed E-state index contributed by atoms with van der Waals surface area (Å²) in [4.78, 5) is 51.1. The van der Waals surface area contributed by atoms with Crippen molar-refractivity contribution in [2.45, 2.75) is 289 Å². The lowest BCUT2D eigenvalue weighted by atomic mass is 9.98. The van der Waals surface area contributed by atoms with Gasteiger partial charge in [-0.15, -0.1) is 0 Å². The van der Waals surface area contributed by atoms with Gasteiger partial charge in [0.15, 0.2) is 24.6 Å². The van der Waals surface area contributed by atoms with Gasteiger partial charge in [0, 0.05) is 19.3 Å². The molecule has 0 radical (unpaired) electrons. The molecule has 0 aromatic carbocycles. The molecule has 0 aromatic rings. The zero-order valence-corrected chi connectivity index (χ0v) is 48.4. The van der Waals surface area contributed by atoms with Gasteiger partial charge in [0.25, 0.3) is 0 Å². The Morgan fingerprint density at radius 2 is 0.818 bits per heavy atom. The molecule has 1 aliphatic rings. The van der Waals surface area contributed by atoms with Crippen molar-refractivity contribution in [3.63, 3.8) is 0 Å². The number of ether oxygens (including phenoxy) is 5. The van der Waals surface area contributed by atoms with Gasteiger partial charge in [0.2, 0.25) is 0 Å². The predicted octanol–water partition coefficient (Wildman–Crippen LogP) is 15.9. The minimum absolute atomic E-state index is 0.0409. The summed E-state index contributed by atoms with van der Waals surface area (Å²) in [6.45, 7) is 5.82. The van der Waals surface area contributed by atoms with Crippen LogP contribution in [0.25, 0.3) is 0 Å². The topological polar surface area (TPSA) is 175 Å². The second kappa shape index (κ2) is 52.6. The first-order valence-electron chi connectivity index (χ1n) is 30.6. The van der Waals surface area contributed by atoms with Crippen LogP contribution in [0.1, 0.15) is 252 Å². The Balaban J connectivity index is 2.63. The van der Waals surface area contributed by atoms with E-state index in [0.29, 0.717) is 19.3 Å². The first kappa shape index (κ1) is 70.9. The third-order valence-corrected chi connectivity index (χ3v) is 13.5. The Hall–Kier alpha value is -4.10. The van der Waals surface area contributed by atoms with Crippen molar-refractivity contribution in [3.8, 4) is 0 Å². The van der Waals surface area contributed by atoms with Crippen molar-refractivity contribution in [1.82, 2.24) is 0 Å². The molecule has 1 rings (SSSR count). The summed E-state index contributed by atoms with van der Waals surface area (Å²) in [6, 6.07) is 0. The molecule has 0 aromatic heterocycles. The Bertz CT molecular complexity index is 1660. The van der Waals surface area contributed by atoms with Crippen LogP contribution < -0.4 is 0 Å². The highest BCUT2D eigenvalue weighted by atomic mass is 16.7. The number of hydrogen-bond donors (Lipinski definition) is 3. The Morgan fingerprint density at radius 3 is 1.27 bits per heavy atom. The smallest absolute Gasteiger partial charge is 0.335 e. The molecule has 0 bridgehead atoms. The lowest BCUT2D eigenvalue weighted by molar-refractivity contribution is -0.301.